The Morgan fingerprint density at radius 2 is 1.95 bits per heavy atom. The van der Waals surface area contributed by atoms with Crippen molar-refractivity contribution in [2.45, 2.75) is 78.7 Å². The maximum absolute atomic E-state index is 10.7. The molecule has 1 fully saturated rings. The molecule has 0 saturated heterocycles. The predicted molar refractivity (Wildman–Crippen MR) is 89.0 cm³/mol. The Labute approximate surface area is 130 Å². The molecule has 0 amide bonds. The molecular formula is C20H32O. The van der Waals surface area contributed by atoms with E-state index in [-0.39, 0.29) is 6.10 Å². The van der Waals surface area contributed by atoms with Crippen LogP contribution in [0.2, 0.25) is 0 Å². The van der Waals surface area contributed by atoms with Crippen LogP contribution in [0.15, 0.2) is 22.8 Å². The second-order valence-electron chi connectivity index (χ2n) is 8.37. The molecule has 1 saturated carbocycles. The Morgan fingerprint density at radius 3 is 2.71 bits per heavy atom. The molecular weight excluding hydrogens is 256 g/mol. The molecule has 3 aliphatic rings. The van der Waals surface area contributed by atoms with Gasteiger partial charge in [-0.25, -0.2) is 0 Å². The van der Waals surface area contributed by atoms with E-state index in [1.807, 2.05) is 0 Å². The minimum atomic E-state index is -0.178. The summed E-state index contributed by atoms with van der Waals surface area (Å²) >= 11 is 0. The van der Waals surface area contributed by atoms with Gasteiger partial charge >= 0.3 is 0 Å². The molecule has 1 heteroatoms. The number of allylic oxidation sites excluding steroid dienone is 3. The summed E-state index contributed by atoms with van der Waals surface area (Å²) in [6, 6.07) is 0. The summed E-state index contributed by atoms with van der Waals surface area (Å²) in [7, 11) is 0. The van der Waals surface area contributed by atoms with Crippen LogP contribution in [0.25, 0.3) is 0 Å². The first-order valence-corrected chi connectivity index (χ1v) is 8.96. The first kappa shape index (κ1) is 15.3. The summed E-state index contributed by atoms with van der Waals surface area (Å²) in [6.07, 6.45) is 10.8. The lowest BCUT2D eigenvalue weighted by molar-refractivity contribution is 0.0861. The van der Waals surface area contributed by atoms with Crippen LogP contribution in [0.1, 0.15) is 72.6 Å². The standard InChI is InChI=1S/C20H32O/c1-13-6-5-7-14(2)16-10-11-20(4)12-18(21)17(9-8-13)15(3)19(16)20/h7,13,16,18-19,21H,5-6,8-12H2,1-4H3/b14-7+/t13-,16-,18-,19+,20+/m0/s1. The van der Waals surface area contributed by atoms with Gasteiger partial charge in [0, 0.05) is 0 Å². The van der Waals surface area contributed by atoms with E-state index in [9.17, 15) is 5.11 Å². The summed E-state index contributed by atoms with van der Waals surface area (Å²) in [5, 5.41) is 10.7. The minimum Gasteiger partial charge on any atom is -0.389 e. The van der Waals surface area contributed by atoms with Gasteiger partial charge < -0.3 is 5.11 Å². The molecule has 0 spiro atoms. The predicted octanol–water partition coefficient (Wildman–Crippen LogP) is 5.26. The normalized spacial score (nSPS) is 46.8. The maximum atomic E-state index is 10.7. The van der Waals surface area contributed by atoms with Gasteiger partial charge in [-0.15, -0.1) is 0 Å². The highest BCUT2D eigenvalue weighted by Gasteiger charge is 2.50. The zero-order valence-corrected chi connectivity index (χ0v) is 14.3. The highest BCUT2D eigenvalue weighted by Crippen LogP contribution is 2.58. The van der Waals surface area contributed by atoms with E-state index in [4.69, 9.17) is 0 Å². The van der Waals surface area contributed by atoms with E-state index >= 15 is 0 Å². The second-order valence-corrected chi connectivity index (χ2v) is 8.37. The van der Waals surface area contributed by atoms with Crippen LogP contribution in [0.5, 0.6) is 0 Å². The van der Waals surface area contributed by atoms with Crippen molar-refractivity contribution in [2.24, 2.45) is 23.2 Å². The third-order valence-corrected chi connectivity index (χ3v) is 6.83. The summed E-state index contributed by atoms with van der Waals surface area (Å²) < 4.78 is 0. The van der Waals surface area contributed by atoms with Crippen LogP contribution < -0.4 is 0 Å². The number of hydrogen-bond donors (Lipinski definition) is 1. The minimum absolute atomic E-state index is 0.178. The molecule has 0 heterocycles. The van der Waals surface area contributed by atoms with Crippen molar-refractivity contribution in [2.75, 3.05) is 0 Å². The van der Waals surface area contributed by atoms with Gasteiger partial charge in [0.25, 0.3) is 0 Å². The fourth-order valence-corrected chi connectivity index (χ4v) is 5.52. The molecule has 3 aliphatic carbocycles. The number of aliphatic hydroxyl groups is 1. The zero-order valence-electron chi connectivity index (χ0n) is 14.3. The molecule has 0 aromatic carbocycles. The van der Waals surface area contributed by atoms with Gasteiger partial charge in [-0.2, -0.15) is 0 Å². The Hall–Kier alpha value is -0.560. The average molecular weight is 288 g/mol. The van der Waals surface area contributed by atoms with E-state index in [2.05, 4.69) is 33.8 Å². The van der Waals surface area contributed by atoms with Crippen molar-refractivity contribution in [3.8, 4) is 0 Å². The van der Waals surface area contributed by atoms with Gasteiger partial charge in [-0.05, 0) is 87.5 Å². The van der Waals surface area contributed by atoms with Crippen LogP contribution in [0.3, 0.4) is 0 Å². The van der Waals surface area contributed by atoms with Gasteiger partial charge in [0.15, 0.2) is 0 Å². The molecule has 3 rings (SSSR count). The Morgan fingerprint density at radius 1 is 1.19 bits per heavy atom. The van der Waals surface area contributed by atoms with E-state index in [0.29, 0.717) is 11.3 Å². The number of aliphatic hydroxyl groups excluding tert-OH is 1. The molecule has 2 bridgehead atoms. The molecule has 0 radical (unpaired) electrons. The zero-order chi connectivity index (χ0) is 15.2. The van der Waals surface area contributed by atoms with Gasteiger partial charge in [-0.1, -0.05) is 31.1 Å². The van der Waals surface area contributed by atoms with Crippen LogP contribution in [-0.4, -0.2) is 11.2 Å². The number of rotatable bonds is 0. The summed E-state index contributed by atoms with van der Waals surface area (Å²) in [4.78, 5) is 0. The molecule has 0 aromatic heterocycles. The number of hydrogen-bond acceptors (Lipinski definition) is 1. The smallest absolute Gasteiger partial charge is 0.0758 e. The summed E-state index contributed by atoms with van der Waals surface area (Å²) in [6.45, 7) is 9.49. The lowest BCUT2D eigenvalue weighted by Gasteiger charge is -2.43. The maximum Gasteiger partial charge on any atom is 0.0758 e. The highest BCUT2D eigenvalue weighted by molar-refractivity contribution is 5.31. The summed E-state index contributed by atoms with van der Waals surface area (Å²) in [5.74, 6) is 2.18. The van der Waals surface area contributed by atoms with Crippen molar-refractivity contribution in [1.82, 2.24) is 0 Å². The molecule has 0 aromatic rings. The van der Waals surface area contributed by atoms with Crippen LogP contribution in [0.4, 0.5) is 0 Å². The molecule has 21 heavy (non-hydrogen) atoms. The van der Waals surface area contributed by atoms with Gasteiger partial charge in [0.1, 0.15) is 0 Å². The topological polar surface area (TPSA) is 20.2 Å². The van der Waals surface area contributed by atoms with Gasteiger partial charge in [-0.3, -0.25) is 0 Å². The quantitative estimate of drug-likeness (QED) is 0.603. The fraction of sp³-hybridized carbons (Fsp3) is 0.800. The van der Waals surface area contributed by atoms with Crippen molar-refractivity contribution in [3.05, 3.63) is 22.8 Å². The van der Waals surface area contributed by atoms with Crippen molar-refractivity contribution in [3.63, 3.8) is 0 Å². The molecule has 1 nitrogen and oxygen atoms in total. The van der Waals surface area contributed by atoms with Crippen molar-refractivity contribution >= 4 is 0 Å². The second kappa shape index (κ2) is 5.57. The van der Waals surface area contributed by atoms with E-state index in [1.54, 1.807) is 11.1 Å². The first-order chi connectivity index (χ1) is 9.92. The molecule has 1 N–H and O–H groups in total. The van der Waals surface area contributed by atoms with E-state index < -0.39 is 0 Å². The van der Waals surface area contributed by atoms with Crippen LogP contribution in [-0.2, 0) is 0 Å². The van der Waals surface area contributed by atoms with Crippen molar-refractivity contribution in [1.29, 1.82) is 0 Å². The fourth-order valence-electron chi connectivity index (χ4n) is 5.52. The third-order valence-electron chi connectivity index (χ3n) is 6.83. The highest BCUT2D eigenvalue weighted by atomic mass is 16.3. The van der Waals surface area contributed by atoms with Gasteiger partial charge in [0.05, 0.1) is 6.10 Å². The Bertz CT molecular complexity index is 472. The van der Waals surface area contributed by atoms with Gasteiger partial charge in [0.2, 0.25) is 0 Å². The molecule has 118 valence electrons. The molecule has 0 unspecified atom stereocenters. The van der Waals surface area contributed by atoms with E-state index in [0.717, 1.165) is 24.7 Å². The average Bonchev–Trinajstić information content (AvgIpc) is 2.74. The van der Waals surface area contributed by atoms with Crippen molar-refractivity contribution < 1.29 is 5.11 Å². The summed E-state index contributed by atoms with van der Waals surface area (Å²) in [5.41, 5.74) is 4.88. The van der Waals surface area contributed by atoms with Crippen LogP contribution in [0, 0.1) is 23.2 Å². The molecule has 5 atom stereocenters. The lowest BCUT2D eigenvalue weighted by Crippen LogP contribution is -2.37. The first-order valence-electron chi connectivity index (χ1n) is 8.96. The third kappa shape index (κ3) is 2.63. The monoisotopic (exact) mass is 288 g/mol. The van der Waals surface area contributed by atoms with Crippen LogP contribution >= 0.6 is 0 Å². The molecule has 0 aliphatic heterocycles. The SMILES string of the molecule is CC1=C2CC[C@@H](C)CC/C=C(\C)[C@@H]3CC[C@](C)(C[C@@H]2O)[C@H]13. The lowest BCUT2D eigenvalue weighted by atomic mass is 9.63. The largest absolute Gasteiger partial charge is 0.389 e. The Kier molecular flexibility index (Phi) is 4.07. The Balaban J connectivity index is 2.04. The van der Waals surface area contributed by atoms with E-state index in [1.165, 1.54) is 37.7 Å².